The summed E-state index contributed by atoms with van der Waals surface area (Å²) >= 11 is 0. The third kappa shape index (κ3) is 3.78. The Hall–Kier alpha value is -2.43. The monoisotopic (exact) mass is 282 g/mol. The molecule has 1 saturated carbocycles. The summed E-state index contributed by atoms with van der Waals surface area (Å²) in [6.45, 7) is 2.69. The summed E-state index contributed by atoms with van der Waals surface area (Å²) in [5.74, 6) is 0.346. The second-order valence-corrected chi connectivity index (χ2v) is 5.36. The van der Waals surface area contributed by atoms with E-state index in [2.05, 4.69) is 39.7 Å². The van der Waals surface area contributed by atoms with Gasteiger partial charge < -0.3 is 10.6 Å². The van der Waals surface area contributed by atoms with Crippen LogP contribution in [0.5, 0.6) is 0 Å². The van der Waals surface area contributed by atoms with Crippen LogP contribution in [0.25, 0.3) is 0 Å². The zero-order valence-corrected chi connectivity index (χ0v) is 12.0. The second kappa shape index (κ2) is 5.91. The van der Waals surface area contributed by atoms with Gasteiger partial charge in [0.05, 0.1) is 0 Å². The quantitative estimate of drug-likeness (QED) is 0.883. The molecule has 5 heteroatoms. The lowest BCUT2D eigenvalue weighted by atomic mass is 10.1. The van der Waals surface area contributed by atoms with Crippen LogP contribution < -0.4 is 10.6 Å². The van der Waals surface area contributed by atoms with E-state index in [1.807, 2.05) is 12.1 Å². The Morgan fingerprint density at radius 1 is 1.33 bits per heavy atom. The Bertz CT molecular complexity index is 652. The lowest BCUT2D eigenvalue weighted by molar-refractivity contribution is 0.0946. The molecule has 1 aliphatic carbocycles. The number of hydrogen-bond acceptors (Lipinski definition) is 4. The van der Waals surface area contributed by atoms with Crippen LogP contribution in [-0.4, -0.2) is 21.9 Å². The van der Waals surface area contributed by atoms with Crippen LogP contribution in [0.15, 0.2) is 36.5 Å². The Morgan fingerprint density at radius 2 is 2.19 bits per heavy atom. The van der Waals surface area contributed by atoms with Gasteiger partial charge in [-0.1, -0.05) is 29.8 Å². The fourth-order valence-electron chi connectivity index (χ4n) is 2.06. The van der Waals surface area contributed by atoms with Crippen molar-refractivity contribution in [3.05, 3.63) is 53.3 Å². The maximum atomic E-state index is 11.9. The van der Waals surface area contributed by atoms with Crippen LogP contribution in [0.1, 0.15) is 34.5 Å². The smallest absolute Gasteiger partial charge is 0.270 e. The highest BCUT2D eigenvalue weighted by molar-refractivity contribution is 5.92. The van der Waals surface area contributed by atoms with Crippen molar-refractivity contribution in [3.8, 4) is 0 Å². The molecule has 2 aromatic rings. The first kappa shape index (κ1) is 13.5. The number of carbonyl (C=O) groups is 1. The summed E-state index contributed by atoms with van der Waals surface area (Å²) in [4.78, 5) is 20.3. The number of aryl methyl sites for hydroxylation is 1. The maximum absolute atomic E-state index is 11.9. The van der Waals surface area contributed by atoms with Crippen LogP contribution >= 0.6 is 0 Å². The Labute approximate surface area is 123 Å². The molecular weight excluding hydrogens is 264 g/mol. The molecular formula is C16H18N4O. The first-order valence-electron chi connectivity index (χ1n) is 7.14. The van der Waals surface area contributed by atoms with Crippen molar-refractivity contribution in [1.29, 1.82) is 0 Å². The number of amides is 1. The minimum atomic E-state index is -0.126. The maximum Gasteiger partial charge on any atom is 0.270 e. The van der Waals surface area contributed by atoms with E-state index in [0.29, 0.717) is 24.2 Å². The molecule has 0 aliphatic heterocycles. The molecule has 0 bridgehead atoms. The number of rotatable bonds is 5. The Morgan fingerprint density at radius 3 is 2.95 bits per heavy atom. The summed E-state index contributed by atoms with van der Waals surface area (Å²) in [5, 5.41) is 6.07. The third-order valence-corrected chi connectivity index (χ3v) is 3.33. The zero-order chi connectivity index (χ0) is 14.7. The second-order valence-electron chi connectivity index (χ2n) is 5.36. The summed E-state index contributed by atoms with van der Waals surface area (Å²) < 4.78 is 0. The van der Waals surface area contributed by atoms with E-state index in [9.17, 15) is 4.79 Å². The lowest BCUT2D eigenvalue weighted by Gasteiger charge is -2.07. The lowest BCUT2D eigenvalue weighted by Crippen LogP contribution is -2.26. The van der Waals surface area contributed by atoms with Gasteiger partial charge in [-0.25, -0.2) is 9.97 Å². The van der Waals surface area contributed by atoms with Gasteiger partial charge in [0.1, 0.15) is 5.69 Å². The minimum absolute atomic E-state index is 0.126. The highest BCUT2D eigenvalue weighted by Gasteiger charge is 2.24. The molecule has 3 rings (SSSR count). The van der Waals surface area contributed by atoms with Crippen LogP contribution in [0.4, 0.5) is 5.95 Å². The molecule has 1 amide bonds. The van der Waals surface area contributed by atoms with Gasteiger partial charge in [-0.3, -0.25) is 4.79 Å². The van der Waals surface area contributed by atoms with Gasteiger partial charge in [-0.05, 0) is 31.4 Å². The molecule has 0 saturated heterocycles. The largest absolute Gasteiger partial charge is 0.350 e. The summed E-state index contributed by atoms with van der Waals surface area (Å²) in [6.07, 6.45) is 3.73. The molecule has 108 valence electrons. The van der Waals surface area contributed by atoms with Crippen molar-refractivity contribution in [3.63, 3.8) is 0 Å². The van der Waals surface area contributed by atoms with Gasteiger partial charge in [-0.2, -0.15) is 0 Å². The molecule has 2 N–H and O–H groups in total. The van der Waals surface area contributed by atoms with E-state index in [0.717, 1.165) is 18.4 Å². The Kier molecular flexibility index (Phi) is 3.81. The molecule has 1 aromatic heterocycles. The number of hydrogen-bond donors (Lipinski definition) is 2. The molecule has 0 radical (unpaired) electrons. The predicted octanol–water partition coefficient (Wildman–Crippen LogP) is 2.29. The first-order chi connectivity index (χ1) is 10.2. The van der Waals surface area contributed by atoms with Crippen molar-refractivity contribution in [2.45, 2.75) is 32.4 Å². The highest BCUT2D eigenvalue weighted by atomic mass is 16.2. The molecule has 0 spiro atoms. The molecule has 1 aromatic carbocycles. The number of aromatic nitrogens is 2. The highest BCUT2D eigenvalue weighted by Crippen LogP contribution is 2.19. The number of carbonyl (C=O) groups excluding carboxylic acids is 1. The van der Waals surface area contributed by atoms with Gasteiger partial charge >= 0.3 is 0 Å². The third-order valence-electron chi connectivity index (χ3n) is 3.33. The van der Waals surface area contributed by atoms with Gasteiger partial charge in [0.2, 0.25) is 5.95 Å². The number of nitrogens with zero attached hydrogens (tertiary/aromatic N) is 2. The first-order valence-corrected chi connectivity index (χ1v) is 7.14. The molecule has 1 fully saturated rings. The molecule has 5 nitrogen and oxygen atoms in total. The van der Waals surface area contributed by atoms with E-state index in [1.54, 1.807) is 12.3 Å². The predicted molar refractivity (Wildman–Crippen MR) is 81.0 cm³/mol. The molecule has 21 heavy (non-hydrogen) atoms. The molecule has 1 aliphatic rings. The van der Waals surface area contributed by atoms with Gasteiger partial charge in [0, 0.05) is 18.8 Å². The summed E-state index contributed by atoms with van der Waals surface area (Å²) in [7, 11) is 0. The van der Waals surface area contributed by atoms with Crippen LogP contribution in [0, 0.1) is 6.92 Å². The average molecular weight is 282 g/mol. The van der Waals surface area contributed by atoms with E-state index >= 15 is 0 Å². The fraction of sp³-hybridized carbons (Fsp3) is 0.312. The minimum Gasteiger partial charge on any atom is -0.350 e. The topological polar surface area (TPSA) is 66.9 Å². The van der Waals surface area contributed by atoms with Crippen LogP contribution in [0.3, 0.4) is 0 Å². The summed E-state index contributed by atoms with van der Waals surface area (Å²) in [6, 6.07) is 10.2. The van der Waals surface area contributed by atoms with Crippen molar-refractivity contribution in [2.75, 3.05) is 5.32 Å². The average Bonchev–Trinajstić information content (AvgIpc) is 3.29. The van der Waals surface area contributed by atoms with Crippen LogP contribution in [-0.2, 0) is 6.54 Å². The van der Waals surface area contributed by atoms with Gasteiger partial charge in [-0.15, -0.1) is 0 Å². The van der Waals surface area contributed by atoms with E-state index in [1.165, 1.54) is 5.56 Å². The Balaban J connectivity index is 1.63. The number of anilines is 1. The normalized spacial score (nSPS) is 13.8. The van der Waals surface area contributed by atoms with E-state index in [-0.39, 0.29) is 5.91 Å². The van der Waals surface area contributed by atoms with Crippen molar-refractivity contribution in [2.24, 2.45) is 0 Å². The van der Waals surface area contributed by atoms with E-state index < -0.39 is 0 Å². The fourth-order valence-corrected chi connectivity index (χ4v) is 2.06. The molecule has 1 heterocycles. The van der Waals surface area contributed by atoms with Gasteiger partial charge in [0.15, 0.2) is 0 Å². The van der Waals surface area contributed by atoms with Crippen molar-refractivity contribution < 1.29 is 4.79 Å². The van der Waals surface area contributed by atoms with Crippen molar-refractivity contribution in [1.82, 2.24) is 15.3 Å². The summed E-state index contributed by atoms with van der Waals surface area (Å²) in [5.41, 5.74) is 2.78. The standard InChI is InChI=1S/C16H18N4O/c1-11-3-2-4-12(9-11)10-18-16-17-8-7-14(20-16)15(21)19-13-5-6-13/h2-4,7-9,13H,5-6,10H2,1H3,(H,19,21)(H,17,18,20). The SMILES string of the molecule is Cc1cccc(CNc2nccc(C(=O)NC3CC3)n2)c1. The zero-order valence-electron chi connectivity index (χ0n) is 12.0. The molecule has 0 unspecified atom stereocenters. The number of benzene rings is 1. The van der Waals surface area contributed by atoms with E-state index in [4.69, 9.17) is 0 Å². The van der Waals surface area contributed by atoms with Crippen molar-refractivity contribution >= 4 is 11.9 Å². The molecule has 0 atom stereocenters. The van der Waals surface area contributed by atoms with Gasteiger partial charge in [0.25, 0.3) is 5.91 Å². The van der Waals surface area contributed by atoms with Crippen LogP contribution in [0.2, 0.25) is 0 Å². The number of nitrogens with one attached hydrogen (secondary N) is 2.